The maximum Gasteiger partial charge on any atom is 0.314 e. The summed E-state index contributed by atoms with van der Waals surface area (Å²) in [6.07, 6.45) is 0.396. The molecule has 0 aliphatic rings. The molecule has 0 bridgehead atoms. The summed E-state index contributed by atoms with van der Waals surface area (Å²) < 4.78 is 5.17. The van der Waals surface area contributed by atoms with Gasteiger partial charge in [-0.25, -0.2) is 4.98 Å². The molecule has 0 spiro atoms. The lowest BCUT2D eigenvalue weighted by atomic mass is 9.99. The minimum Gasteiger partial charge on any atom is -0.497 e. The van der Waals surface area contributed by atoms with Crippen molar-refractivity contribution < 1.29 is 14.6 Å². The number of methoxy groups -OCH3 is 1. The fraction of sp³-hybridized carbons (Fsp3) is 0.176. The van der Waals surface area contributed by atoms with Gasteiger partial charge in [-0.3, -0.25) is 4.79 Å². The molecule has 0 fully saturated rings. The Kier molecular flexibility index (Phi) is 3.78. The van der Waals surface area contributed by atoms with E-state index in [2.05, 4.69) is 9.97 Å². The van der Waals surface area contributed by atoms with Crippen molar-refractivity contribution in [3.63, 3.8) is 0 Å². The molecule has 0 amide bonds. The van der Waals surface area contributed by atoms with Gasteiger partial charge in [-0.1, -0.05) is 30.3 Å². The van der Waals surface area contributed by atoms with Gasteiger partial charge in [-0.15, -0.1) is 0 Å². The van der Waals surface area contributed by atoms with Crippen LogP contribution in [0.15, 0.2) is 48.5 Å². The molecule has 2 N–H and O–H groups in total. The first-order chi connectivity index (χ1) is 10.7. The minimum atomic E-state index is -0.894. The molecule has 0 aliphatic carbocycles. The fourth-order valence-electron chi connectivity index (χ4n) is 2.45. The Bertz CT molecular complexity index is 796. The summed E-state index contributed by atoms with van der Waals surface area (Å²) in [5, 5.41) is 9.53. The number of fused-ring (bicyclic) bond motifs is 1. The number of carbonyl (C=O) groups is 1. The second kappa shape index (κ2) is 5.89. The third kappa shape index (κ3) is 2.79. The zero-order valence-electron chi connectivity index (χ0n) is 12.1. The molecule has 1 heterocycles. The smallest absolute Gasteiger partial charge is 0.314 e. The third-order valence-electron chi connectivity index (χ3n) is 3.62. The number of carboxylic acid groups (broad SMARTS) is 1. The number of nitrogens with one attached hydrogen (secondary N) is 1. The van der Waals surface area contributed by atoms with Crippen molar-refractivity contribution in [2.24, 2.45) is 0 Å². The molecule has 1 unspecified atom stereocenters. The lowest BCUT2D eigenvalue weighted by Gasteiger charge is -2.09. The summed E-state index contributed by atoms with van der Waals surface area (Å²) in [5.74, 6) is -0.437. The first kappa shape index (κ1) is 14.1. The summed E-state index contributed by atoms with van der Waals surface area (Å²) in [7, 11) is 1.59. The van der Waals surface area contributed by atoms with Crippen molar-refractivity contribution in [2.45, 2.75) is 12.3 Å². The first-order valence-corrected chi connectivity index (χ1v) is 6.98. The Balaban J connectivity index is 1.96. The summed E-state index contributed by atoms with van der Waals surface area (Å²) >= 11 is 0. The predicted molar refractivity (Wildman–Crippen MR) is 83.2 cm³/mol. The van der Waals surface area contributed by atoms with Gasteiger partial charge in [-0.2, -0.15) is 0 Å². The lowest BCUT2D eigenvalue weighted by Crippen LogP contribution is -2.15. The van der Waals surface area contributed by atoms with Gasteiger partial charge in [0.05, 0.1) is 18.1 Å². The highest BCUT2D eigenvalue weighted by atomic mass is 16.5. The molecular weight excluding hydrogens is 280 g/mol. The Labute approximate surface area is 127 Å². The van der Waals surface area contributed by atoms with Gasteiger partial charge in [0.1, 0.15) is 17.5 Å². The van der Waals surface area contributed by atoms with Crippen molar-refractivity contribution in [1.82, 2.24) is 9.97 Å². The van der Waals surface area contributed by atoms with Crippen molar-refractivity contribution in [3.8, 4) is 5.75 Å². The zero-order valence-corrected chi connectivity index (χ0v) is 12.1. The van der Waals surface area contributed by atoms with Crippen molar-refractivity contribution in [1.29, 1.82) is 0 Å². The maximum absolute atomic E-state index is 11.6. The second-order valence-corrected chi connectivity index (χ2v) is 5.09. The van der Waals surface area contributed by atoms with Crippen LogP contribution in [0.5, 0.6) is 5.75 Å². The quantitative estimate of drug-likeness (QED) is 0.759. The van der Waals surface area contributed by atoms with E-state index in [4.69, 9.17) is 4.74 Å². The third-order valence-corrected chi connectivity index (χ3v) is 3.62. The van der Waals surface area contributed by atoms with Crippen LogP contribution in [0, 0.1) is 0 Å². The maximum atomic E-state index is 11.6. The summed E-state index contributed by atoms with van der Waals surface area (Å²) in [6.45, 7) is 0. The molecule has 3 aromatic rings. The van der Waals surface area contributed by atoms with Crippen LogP contribution in [0.4, 0.5) is 0 Å². The van der Waals surface area contributed by atoms with Crippen LogP contribution in [-0.2, 0) is 11.2 Å². The second-order valence-electron chi connectivity index (χ2n) is 5.09. The fourth-order valence-corrected chi connectivity index (χ4v) is 2.45. The van der Waals surface area contributed by atoms with Gasteiger partial charge in [0.2, 0.25) is 0 Å². The number of benzene rings is 2. The van der Waals surface area contributed by atoms with Crippen LogP contribution in [-0.4, -0.2) is 28.2 Å². The number of nitrogens with zero attached hydrogens (tertiary/aromatic N) is 1. The Morgan fingerprint density at radius 1 is 1.27 bits per heavy atom. The van der Waals surface area contributed by atoms with Crippen LogP contribution >= 0.6 is 0 Å². The standard InChI is InChI=1S/C17H16N2O3/c1-22-12-7-8-14-15(10-12)19-16(18-14)13(17(20)21)9-11-5-3-2-4-6-11/h2-8,10,13H,9H2,1H3,(H,18,19)(H,20,21). The number of rotatable bonds is 5. The molecule has 22 heavy (non-hydrogen) atoms. The Morgan fingerprint density at radius 3 is 2.73 bits per heavy atom. The topological polar surface area (TPSA) is 75.2 Å². The van der Waals surface area contributed by atoms with E-state index in [1.54, 1.807) is 13.2 Å². The number of aromatic amines is 1. The van der Waals surface area contributed by atoms with Gasteiger partial charge in [-0.05, 0) is 24.1 Å². The molecule has 112 valence electrons. The normalized spacial score (nSPS) is 12.2. The van der Waals surface area contributed by atoms with Crippen molar-refractivity contribution >= 4 is 17.0 Å². The summed E-state index contributed by atoms with van der Waals surface area (Å²) in [5.41, 5.74) is 2.47. The van der Waals surface area contributed by atoms with Crippen molar-refractivity contribution in [3.05, 3.63) is 59.9 Å². The number of ether oxygens (including phenoxy) is 1. The number of H-pyrrole nitrogens is 1. The number of carboxylic acids is 1. The molecule has 0 saturated heterocycles. The van der Waals surface area contributed by atoms with Gasteiger partial charge < -0.3 is 14.8 Å². The molecule has 5 nitrogen and oxygen atoms in total. The average Bonchev–Trinajstić information content (AvgIpc) is 2.95. The number of imidazole rings is 1. The van der Waals surface area contributed by atoms with Gasteiger partial charge in [0, 0.05) is 6.07 Å². The van der Waals surface area contributed by atoms with Gasteiger partial charge >= 0.3 is 5.97 Å². The Morgan fingerprint density at radius 2 is 2.05 bits per heavy atom. The molecule has 0 aliphatic heterocycles. The van der Waals surface area contributed by atoms with E-state index >= 15 is 0 Å². The largest absolute Gasteiger partial charge is 0.497 e. The highest BCUT2D eigenvalue weighted by Gasteiger charge is 2.24. The zero-order chi connectivity index (χ0) is 15.5. The van der Waals surface area contributed by atoms with Gasteiger partial charge in [0.25, 0.3) is 0 Å². The number of aromatic nitrogens is 2. The molecule has 2 aromatic carbocycles. The number of hydrogen-bond acceptors (Lipinski definition) is 3. The highest BCUT2D eigenvalue weighted by Crippen LogP contribution is 2.24. The van der Waals surface area contributed by atoms with Crippen LogP contribution in [0.25, 0.3) is 11.0 Å². The number of aliphatic carboxylic acids is 1. The van der Waals surface area contributed by atoms with E-state index in [9.17, 15) is 9.90 Å². The van der Waals surface area contributed by atoms with Crippen LogP contribution < -0.4 is 4.74 Å². The Hall–Kier alpha value is -2.82. The van der Waals surface area contributed by atoms with Crippen LogP contribution in [0.2, 0.25) is 0 Å². The molecule has 1 aromatic heterocycles. The summed E-state index contributed by atoms with van der Waals surface area (Å²) in [4.78, 5) is 19.1. The summed E-state index contributed by atoms with van der Waals surface area (Å²) in [6, 6.07) is 15.0. The van der Waals surface area contributed by atoms with Crippen molar-refractivity contribution in [2.75, 3.05) is 7.11 Å². The van der Waals surface area contributed by atoms with E-state index in [0.29, 0.717) is 18.0 Å². The van der Waals surface area contributed by atoms with E-state index in [1.807, 2.05) is 42.5 Å². The van der Waals surface area contributed by atoms with E-state index in [1.165, 1.54) is 0 Å². The molecule has 0 radical (unpaired) electrons. The van der Waals surface area contributed by atoms with Gasteiger partial charge in [0.15, 0.2) is 0 Å². The molecular formula is C17H16N2O3. The van der Waals surface area contributed by atoms with E-state index in [-0.39, 0.29) is 0 Å². The van der Waals surface area contributed by atoms with Crippen LogP contribution in [0.1, 0.15) is 17.3 Å². The van der Waals surface area contributed by atoms with E-state index < -0.39 is 11.9 Å². The average molecular weight is 296 g/mol. The lowest BCUT2D eigenvalue weighted by molar-refractivity contribution is -0.138. The predicted octanol–water partition coefficient (Wildman–Crippen LogP) is 2.98. The first-order valence-electron chi connectivity index (χ1n) is 6.98. The molecule has 5 heteroatoms. The van der Waals surface area contributed by atoms with E-state index in [0.717, 1.165) is 16.6 Å². The highest BCUT2D eigenvalue weighted by molar-refractivity contribution is 5.80. The molecule has 3 rings (SSSR count). The SMILES string of the molecule is COc1ccc2nc(C(Cc3ccccc3)C(=O)O)[nH]c2c1. The number of hydrogen-bond donors (Lipinski definition) is 2. The molecule has 1 atom stereocenters. The molecule has 0 saturated carbocycles. The minimum absolute atomic E-state index is 0.396. The van der Waals surface area contributed by atoms with Crippen LogP contribution in [0.3, 0.4) is 0 Å². The monoisotopic (exact) mass is 296 g/mol.